The van der Waals surface area contributed by atoms with Gasteiger partial charge in [0.25, 0.3) is 5.91 Å². The standard InChI is InChI=1S/C24H31N5O4S/c1-15(2)29-16(3)22(30)27(4)19-9-10-20(26-21(19)29)25-18-7-5-17(6-8-18)23(31)28-13-24(14-28)11-12-34(24,32)33/h5-10,15-16,32-33H,11-14H2,1-4H3,(H,25,26)/t16-/m1/s1. The van der Waals surface area contributed by atoms with E-state index in [9.17, 15) is 18.7 Å². The molecule has 2 saturated heterocycles. The lowest BCUT2D eigenvalue weighted by Crippen LogP contribution is -2.70. The number of rotatable bonds is 4. The lowest BCUT2D eigenvalue weighted by Gasteiger charge is -2.67. The molecular weight excluding hydrogens is 454 g/mol. The molecule has 1 aromatic carbocycles. The van der Waals surface area contributed by atoms with E-state index < -0.39 is 15.3 Å². The zero-order valence-corrected chi connectivity index (χ0v) is 20.7. The minimum Gasteiger partial charge on any atom is -0.341 e. The number of carbonyl (C=O) groups is 2. The molecule has 3 N–H and O–H groups in total. The molecule has 4 heterocycles. The quantitative estimate of drug-likeness (QED) is 0.605. The largest absolute Gasteiger partial charge is 0.341 e. The number of hydrogen-bond acceptors (Lipinski definition) is 7. The van der Waals surface area contributed by atoms with Crippen LogP contribution in [0, 0.1) is 0 Å². The predicted molar refractivity (Wildman–Crippen MR) is 135 cm³/mol. The number of nitrogens with one attached hydrogen (secondary N) is 1. The minimum atomic E-state index is -2.54. The molecule has 2 fully saturated rings. The van der Waals surface area contributed by atoms with Gasteiger partial charge in [0.2, 0.25) is 5.91 Å². The van der Waals surface area contributed by atoms with Crippen molar-refractivity contribution in [3.63, 3.8) is 0 Å². The second-order valence-corrected chi connectivity index (χ2v) is 12.4. The molecule has 0 bridgehead atoms. The molecule has 3 aliphatic heterocycles. The molecule has 9 nitrogen and oxygen atoms in total. The summed E-state index contributed by atoms with van der Waals surface area (Å²) >= 11 is 0. The first-order valence-electron chi connectivity index (χ1n) is 11.5. The van der Waals surface area contributed by atoms with Gasteiger partial charge in [-0.15, -0.1) is 0 Å². The molecule has 10 heteroatoms. The average Bonchev–Trinajstić information content (AvgIpc) is 2.76. The van der Waals surface area contributed by atoms with Crippen LogP contribution in [-0.4, -0.2) is 73.5 Å². The van der Waals surface area contributed by atoms with Gasteiger partial charge in [0, 0.05) is 43.2 Å². The van der Waals surface area contributed by atoms with Gasteiger partial charge < -0.3 is 20.0 Å². The smallest absolute Gasteiger partial charge is 0.254 e. The first-order valence-corrected chi connectivity index (χ1v) is 13.2. The van der Waals surface area contributed by atoms with Gasteiger partial charge in [0.05, 0.1) is 10.4 Å². The Hall–Kier alpha value is -2.82. The highest BCUT2D eigenvalue weighted by molar-refractivity contribution is 8.26. The third-order valence-corrected chi connectivity index (χ3v) is 9.93. The molecule has 0 saturated carbocycles. The lowest BCUT2D eigenvalue weighted by atomic mass is 9.93. The van der Waals surface area contributed by atoms with Crippen LogP contribution in [0.2, 0.25) is 0 Å². The predicted octanol–water partition coefficient (Wildman–Crippen LogP) is 3.75. The van der Waals surface area contributed by atoms with E-state index in [2.05, 4.69) is 5.32 Å². The summed E-state index contributed by atoms with van der Waals surface area (Å²) in [6.45, 7) is 6.81. The van der Waals surface area contributed by atoms with Gasteiger partial charge in [-0.2, -0.15) is 10.6 Å². The molecule has 1 atom stereocenters. The van der Waals surface area contributed by atoms with Crippen molar-refractivity contribution in [2.24, 2.45) is 0 Å². The van der Waals surface area contributed by atoms with Crippen LogP contribution in [0.1, 0.15) is 37.6 Å². The number of hydrogen-bond donors (Lipinski definition) is 3. The Balaban J connectivity index is 1.29. The molecule has 2 aromatic rings. The Labute approximate surface area is 201 Å². The molecule has 2 amide bonds. The van der Waals surface area contributed by atoms with Crippen LogP contribution in [0.4, 0.5) is 23.0 Å². The zero-order valence-electron chi connectivity index (χ0n) is 19.9. The molecule has 34 heavy (non-hydrogen) atoms. The van der Waals surface area contributed by atoms with Crippen LogP contribution < -0.4 is 15.1 Å². The summed E-state index contributed by atoms with van der Waals surface area (Å²) in [6, 6.07) is 10.7. The van der Waals surface area contributed by atoms with E-state index >= 15 is 0 Å². The molecule has 0 aliphatic carbocycles. The van der Waals surface area contributed by atoms with E-state index in [1.807, 2.05) is 49.9 Å². The summed E-state index contributed by atoms with van der Waals surface area (Å²) in [5.41, 5.74) is 2.13. The van der Waals surface area contributed by atoms with Crippen LogP contribution in [0.25, 0.3) is 0 Å². The summed E-state index contributed by atoms with van der Waals surface area (Å²) in [6.07, 6.45) is 0.771. The fraction of sp³-hybridized carbons (Fsp3) is 0.458. The van der Waals surface area contributed by atoms with E-state index in [0.29, 0.717) is 30.2 Å². The van der Waals surface area contributed by atoms with Crippen LogP contribution in [0.15, 0.2) is 36.4 Å². The second-order valence-electron chi connectivity index (χ2n) is 9.78. The highest BCUT2D eigenvalue weighted by Gasteiger charge is 2.60. The number of likely N-dealkylation sites (N-methyl/N-ethyl adjacent to an activating group) is 1. The van der Waals surface area contributed by atoms with E-state index in [0.717, 1.165) is 23.6 Å². The third kappa shape index (κ3) is 3.43. The lowest BCUT2D eigenvalue weighted by molar-refractivity contribution is -0.119. The molecule has 1 aromatic heterocycles. The molecule has 1 spiro atoms. The summed E-state index contributed by atoms with van der Waals surface area (Å²) in [4.78, 5) is 35.6. The Morgan fingerprint density at radius 1 is 1.18 bits per heavy atom. The molecule has 0 radical (unpaired) electrons. The van der Waals surface area contributed by atoms with Gasteiger partial charge in [0.1, 0.15) is 11.9 Å². The van der Waals surface area contributed by atoms with Gasteiger partial charge in [-0.3, -0.25) is 18.7 Å². The number of carbonyl (C=O) groups excluding carboxylic acids is 2. The van der Waals surface area contributed by atoms with Crippen molar-refractivity contribution in [2.45, 2.75) is 44.0 Å². The van der Waals surface area contributed by atoms with E-state index in [1.54, 1.807) is 29.0 Å². The van der Waals surface area contributed by atoms with Crippen LogP contribution in [0.5, 0.6) is 0 Å². The van der Waals surface area contributed by atoms with Gasteiger partial charge in [0.15, 0.2) is 5.82 Å². The topological polar surface area (TPSA) is 109 Å². The molecule has 5 rings (SSSR count). The Bertz CT molecular complexity index is 1150. The number of nitrogens with zero attached hydrogens (tertiary/aromatic N) is 4. The van der Waals surface area contributed by atoms with Crippen LogP contribution >= 0.6 is 10.6 Å². The number of pyridine rings is 1. The van der Waals surface area contributed by atoms with E-state index in [4.69, 9.17) is 4.98 Å². The van der Waals surface area contributed by atoms with Crippen molar-refractivity contribution in [3.05, 3.63) is 42.0 Å². The van der Waals surface area contributed by atoms with Crippen molar-refractivity contribution in [1.82, 2.24) is 9.88 Å². The monoisotopic (exact) mass is 485 g/mol. The fourth-order valence-corrected chi connectivity index (χ4v) is 6.99. The number of fused-ring (bicyclic) bond motifs is 1. The summed E-state index contributed by atoms with van der Waals surface area (Å²) in [5.74, 6) is 1.81. The Morgan fingerprint density at radius 2 is 1.85 bits per heavy atom. The zero-order chi connectivity index (χ0) is 24.4. The molecule has 3 aliphatic rings. The highest BCUT2D eigenvalue weighted by atomic mass is 32.3. The maximum Gasteiger partial charge on any atom is 0.254 e. The van der Waals surface area contributed by atoms with Gasteiger partial charge in [-0.1, -0.05) is 0 Å². The fourth-order valence-electron chi connectivity index (χ4n) is 5.11. The maximum atomic E-state index is 12.8. The van der Waals surface area contributed by atoms with Crippen LogP contribution in [0.3, 0.4) is 0 Å². The van der Waals surface area contributed by atoms with Crippen molar-refractivity contribution >= 4 is 45.4 Å². The third-order valence-electron chi connectivity index (χ3n) is 7.31. The van der Waals surface area contributed by atoms with Gasteiger partial charge >= 0.3 is 0 Å². The molecular formula is C24H31N5O4S. The minimum absolute atomic E-state index is 0.0412. The summed E-state index contributed by atoms with van der Waals surface area (Å²) in [5, 5.41) is 3.29. The number of aromatic nitrogens is 1. The first-order chi connectivity index (χ1) is 16.0. The van der Waals surface area contributed by atoms with Crippen molar-refractivity contribution in [3.8, 4) is 0 Å². The van der Waals surface area contributed by atoms with E-state index in [1.165, 1.54) is 0 Å². The molecule has 182 valence electrons. The Morgan fingerprint density at radius 3 is 2.41 bits per heavy atom. The number of amides is 2. The van der Waals surface area contributed by atoms with Gasteiger partial charge in [-0.05, 0) is 63.6 Å². The van der Waals surface area contributed by atoms with Crippen LogP contribution in [-0.2, 0) is 4.79 Å². The van der Waals surface area contributed by atoms with Crippen molar-refractivity contribution in [1.29, 1.82) is 0 Å². The highest BCUT2D eigenvalue weighted by Crippen LogP contribution is 2.67. The Kier molecular flexibility index (Phi) is 5.30. The summed E-state index contributed by atoms with van der Waals surface area (Å²) in [7, 11) is -0.766. The van der Waals surface area contributed by atoms with Gasteiger partial charge in [-0.25, -0.2) is 4.98 Å². The number of likely N-dealkylation sites (tertiary alicyclic amines) is 1. The normalized spacial score (nSPS) is 23.3. The second kappa shape index (κ2) is 7.86. The first kappa shape index (κ1) is 22.9. The van der Waals surface area contributed by atoms with E-state index in [-0.39, 0.29) is 23.9 Å². The number of anilines is 4. The summed E-state index contributed by atoms with van der Waals surface area (Å²) < 4.78 is 19.6. The van der Waals surface area contributed by atoms with Crippen molar-refractivity contribution < 1.29 is 18.7 Å². The molecule has 0 unspecified atom stereocenters. The van der Waals surface area contributed by atoms with Crippen molar-refractivity contribution in [2.75, 3.05) is 41.0 Å². The number of benzene rings is 1. The SMILES string of the molecule is CC(C)N1c2nc(Nc3ccc(C(=O)N4CC5(CCS5(O)O)C4)cc3)ccc2N(C)C(=O)[C@H]1C. The average molecular weight is 486 g/mol. The maximum absolute atomic E-state index is 12.8.